The fourth-order valence-corrected chi connectivity index (χ4v) is 4.11. The van der Waals surface area contributed by atoms with Crippen molar-refractivity contribution in [2.75, 3.05) is 32.0 Å². The highest BCUT2D eigenvalue weighted by Gasteiger charge is 2.42. The van der Waals surface area contributed by atoms with Crippen molar-refractivity contribution in [2.45, 2.75) is 31.1 Å². The second kappa shape index (κ2) is 7.32. The molecule has 0 bridgehead atoms. The van der Waals surface area contributed by atoms with E-state index < -0.39 is 25.1 Å². The first-order valence-electron chi connectivity index (χ1n) is 7.16. The number of halogens is 1. The number of hydrogen-bond acceptors (Lipinski definition) is 7. The highest BCUT2D eigenvalue weighted by Crippen LogP contribution is 2.50. The third-order valence-electron chi connectivity index (χ3n) is 4.04. The van der Waals surface area contributed by atoms with Gasteiger partial charge in [-0.1, -0.05) is 0 Å². The summed E-state index contributed by atoms with van der Waals surface area (Å²) in [6.45, 7) is 0. The number of rotatable bonds is 7. The number of aromatic nitrogens is 2. The van der Waals surface area contributed by atoms with Crippen LogP contribution in [0, 0.1) is 0 Å². The molecular weight excluding hydrogens is 345 g/mol. The summed E-state index contributed by atoms with van der Waals surface area (Å²) >= 11 is 6.08. The van der Waals surface area contributed by atoms with E-state index in [9.17, 15) is 9.36 Å². The van der Waals surface area contributed by atoms with Crippen LogP contribution in [0.5, 0.6) is 0 Å². The monoisotopic (exact) mass is 365 g/mol. The van der Waals surface area contributed by atoms with Gasteiger partial charge in [0.2, 0.25) is 0 Å². The van der Waals surface area contributed by atoms with Crippen LogP contribution >= 0.6 is 19.2 Å². The van der Waals surface area contributed by atoms with Gasteiger partial charge in [-0.15, -0.1) is 11.6 Å². The second-order valence-corrected chi connectivity index (χ2v) is 8.09. The Morgan fingerprint density at radius 3 is 2.83 bits per heavy atom. The summed E-state index contributed by atoms with van der Waals surface area (Å²) in [4.78, 5) is 15.6. The van der Waals surface area contributed by atoms with E-state index >= 15 is 0 Å². The Morgan fingerprint density at radius 2 is 2.26 bits per heavy atom. The summed E-state index contributed by atoms with van der Waals surface area (Å²) in [7, 11) is -0.448. The van der Waals surface area contributed by atoms with Crippen LogP contribution in [0.4, 0.5) is 5.82 Å². The number of nitrogen functional groups attached to an aromatic ring is 1. The van der Waals surface area contributed by atoms with Crippen molar-refractivity contribution in [1.82, 2.24) is 9.55 Å². The van der Waals surface area contributed by atoms with Gasteiger partial charge in [0.1, 0.15) is 12.0 Å². The third kappa shape index (κ3) is 4.14. The Morgan fingerprint density at radius 1 is 1.57 bits per heavy atom. The summed E-state index contributed by atoms with van der Waals surface area (Å²) in [5.74, 6) is 0.377. The van der Waals surface area contributed by atoms with Crippen molar-refractivity contribution in [1.29, 1.82) is 0 Å². The Balaban J connectivity index is 2.11. The molecule has 2 heterocycles. The molecule has 2 atom stereocenters. The van der Waals surface area contributed by atoms with Gasteiger partial charge in [0, 0.05) is 20.4 Å². The van der Waals surface area contributed by atoms with Crippen molar-refractivity contribution < 1.29 is 18.3 Å². The van der Waals surface area contributed by atoms with Gasteiger partial charge in [-0.3, -0.25) is 9.13 Å². The topological polar surface area (TPSA) is 106 Å². The molecule has 0 radical (unpaired) electrons. The lowest BCUT2D eigenvalue weighted by atomic mass is 9.99. The summed E-state index contributed by atoms with van der Waals surface area (Å²) in [5, 5.41) is 0. The molecule has 0 aromatic carbocycles. The van der Waals surface area contributed by atoms with Gasteiger partial charge in [-0.2, -0.15) is 4.98 Å². The number of nitrogens with zero attached hydrogens (tertiary/aromatic N) is 2. The summed E-state index contributed by atoms with van der Waals surface area (Å²) in [5.41, 5.74) is 4.33. The zero-order valence-corrected chi connectivity index (χ0v) is 14.8. The molecule has 1 aromatic rings. The van der Waals surface area contributed by atoms with E-state index in [0.717, 1.165) is 0 Å². The third-order valence-corrected chi connectivity index (χ3v) is 6.41. The normalized spacial score (nSPS) is 24.9. The molecule has 2 rings (SSSR count). The Labute approximate surface area is 139 Å². The molecule has 23 heavy (non-hydrogen) atoms. The molecule has 0 amide bonds. The largest absolute Gasteiger partial charge is 0.383 e. The summed E-state index contributed by atoms with van der Waals surface area (Å²) < 4.78 is 29.5. The van der Waals surface area contributed by atoms with Gasteiger partial charge >= 0.3 is 13.3 Å². The smallest absolute Gasteiger partial charge is 0.351 e. The molecule has 1 fully saturated rings. The summed E-state index contributed by atoms with van der Waals surface area (Å²) in [6, 6.07) is 1.54. The maximum atomic E-state index is 12.2. The predicted molar refractivity (Wildman–Crippen MR) is 86.8 cm³/mol. The average Bonchev–Trinajstić information content (AvgIpc) is 2.97. The zero-order chi connectivity index (χ0) is 17.1. The number of ether oxygens (including phenoxy) is 1. The molecule has 1 saturated heterocycles. The van der Waals surface area contributed by atoms with E-state index in [-0.39, 0.29) is 17.9 Å². The van der Waals surface area contributed by atoms with Crippen molar-refractivity contribution in [3.05, 3.63) is 22.7 Å². The van der Waals surface area contributed by atoms with Gasteiger partial charge in [0.25, 0.3) is 0 Å². The highest BCUT2D eigenvalue weighted by molar-refractivity contribution is 7.53. The Kier molecular flexibility index (Phi) is 5.86. The molecule has 1 aliphatic rings. The van der Waals surface area contributed by atoms with Gasteiger partial charge in [0.15, 0.2) is 0 Å². The number of anilines is 1. The first-order chi connectivity index (χ1) is 10.9. The van der Waals surface area contributed by atoms with Crippen LogP contribution in [0.1, 0.15) is 25.5 Å². The zero-order valence-electron chi connectivity index (χ0n) is 13.1. The van der Waals surface area contributed by atoms with Gasteiger partial charge in [-0.25, -0.2) is 4.79 Å². The minimum atomic E-state index is -3.13. The minimum absolute atomic E-state index is 0.161. The minimum Gasteiger partial charge on any atom is -0.383 e. The van der Waals surface area contributed by atoms with E-state index in [4.69, 9.17) is 31.1 Å². The molecule has 2 N–H and O–H groups in total. The molecule has 0 aliphatic carbocycles. The first-order valence-corrected chi connectivity index (χ1v) is 9.42. The van der Waals surface area contributed by atoms with E-state index in [1.807, 2.05) is 0 Å². The SMILES string of the molecule is COP(=O)(CC[C@]1(CCl)CC[C@H](n2ccc(N)nc2=O)O1)OC. The lowest BCUT2D eigenvalue weighted by Gasteiger charge is -2.28. The standard InChI is InChI=1S/C13H21ClN3O5P/c1-20-23(19,21-2)8-6-13(9-14)5-3-11(22-13)17-7-4-10(15)16-12(17)18/h4,7,11H,3,5-6,8-9H2,1-2H3,(H2,15,16,18)/t11-,13+/m1/s1. The number of alkyl halides is 1. The molecule has 1 aliphatic heterocycles. The fourth-order valence-electron chi connectivity index (χ4n) is 2.58. The van der Waals surface area contributed by atoms with Crippen LogP contribution in [0.3, 0.4) is 0 Å². The van der Waals surface area contributed by atoms with E-state index in [1.54, 1.807) is 6.20 Å². The van der Waals surface area contributed by atoms with E-state index in [1.165, 1.54) is 24.9 Å². The van der Waals surface area contributed by atoms with Crippen LogP contribution in [0.25, 0.3) is 0 Å². The van der Waals surface area contributed by atoms with Crippen molar-refractivity contribution in [3.8, 4) is 0 Å². The van der Waals surface area contributed by atoms with Crippen LogP contribution in [0.2, 0.25) is 0 Å². The lowest BCUT2D eigenvalue weighted by molar-refractivity contribution is -0.0624. The summed E-state index contributed by atoms with van der Waals surface area (Å²) in [6.07, 6.45) is 2.90. The lowest BCUT2D eigenvalue weighted by Crippen LogP contribution is -2.34. The van der Waals surface area contributed by atoms with Gasteiger partial charge in [-0.05, 0) is 25.3 Å². The molecule has 0 spiro atoms. The molecule has 1 aromatic heterocycles. The molecule has 10 heteroatoms. The van der Waals surface area contributed by atoms with Crippen LogP contribution in [-0.4, -0.2) is 41.4 Å². The van der Waals surface area contributed by atoms with E-state index in [0.29, 0.717) is 19.3 Å². The fraction of sp³-hybridized carbons (Fsp3) is 0.692. The van der Waals surface area contributed by atoms with Gasteiger partial charge < -0.3 is 19.5 Å². The Hall–Kier alpha value is -0.920. The van der Waals surface area contributed by atoms with Crippen LogP contribution in [-0.2, 0) is 18.3 Å². The molecule has 8 nitrogen and oxygen atoms in total. The average molecular weight is 366 g/mol. The molecule has 0 unspecified atom stereocenters. The predicted octanol–water partition coefficient (Wildman–Crippen LogP) is 1.99. The van der Waals surface area contributed by atoms with Crippen LogP contribution < -0.4 is 11.4 Å². The quantitative estimate of drug-likeness (QED) is 0.581. The van der Waals surface area contributed by atoms with Crippen molar-refractivity contribution in [3.63, 3.8) is 0 Å². The van der Waals surface area contributed by atoms with Crippen LogP contribution in [0.15, 0.2) is 17.1 Å². The van der Waals surface area contributed by atoms with Gasteiger partial charge in [0.05, 0.1) is 17.6 Å². The molecular formula is C13H21ClN3O5P. The highest BCUT2D eigenvalue weighted by atomic mass is 35.5. The maximum absolute atomic E-state index is 12.2. The van der Waals surface area contributed by atoms with Crippen molar-refractivity contribution in [2.24, 2.45) is 0 Å². The number of hydrogen-bond donors (Lipinski definition) is 1. The first kappa shape index (κ1) is 18.4. The molecule has 0 saturated carbocycles. The van der Waals surface area contributed by atoms with Crippen molar-refractivity contribution >= 4 is 25.0 Å². The second-order valence-electron chi connectivity index (χ2n) is 5.42. The molecule has 130 valence electrons. The Bertz CT molecular complexity index is 647. The van der Waals surface area contributed by atoms with E-state index in [2.05, 4.69) is 4.98 Å². The maximum Gasteiger partial charge on any atom is 0.351 e. The number of nitrogens with two attached hydrogens (primary N) is 1.